The molecule has 0 aliphatic carbocycles. The molecule has 2 amide bonds. The van der Waals surface area contributed by atoms with E-state index in [0.29, 0.717) is 30.8 Å². The molecular weight excluding hydrogens is 749 g/mol. The van der Waals surface area contributed by atoms with E-state index in [-0.39, 0.29) is 28.1 Å². The lowest BCUT2D eigenvalue weighted by atomic mass is 9.96. The van der Waals surface area contributed by atoms with Crippen LogP contribution in [-0.2, 0) is 32.0 Å². The summed E-state index contributed by atoms with van der Waals surface area (Å²) in [6, 6.07) is 15.0. The van der Waals surface area contributed by atoms with Gasteiger partial charge in [0.25, 0.3) is 5.91 Å². The lowest BCUT2D eigenvalue weighted by Crippen LogP contribution is -2.43. The summed E-state index contributed by atoms with van der Waals surface area (Å²) in [7, 11) is -0.451. The van der Waals surface area contributed by atoms with Crippen molar-refractivity contribution in [3.8, 4) is 11.5 Å². The van der Waals surface area contributed by atoms with Crippen molar-refractivity contribution in [2.75, 3.05) is 25.5 Å². The fourth-order valence-electron chi connectivity index (χ4n) is 6.09. The standard InChI is InChI=1S/C42H56N4O8SSi/c1-40(2,3)52-38(49)33-29-19-20-46(24-25-13-15-27(51-10)16-14-25)32(34(29)55-37(33)45-36(48)39(50)53-41(4,5)6)23-43-35(47)31-22-26-21-28(17-18-30(26)44-31)54-56(11,12)42(7,8)9/h13-18,21-22,32,44H,19-20,23-24H2,1-12H3,(H,43,47)(H,45,48). The molecule has 0 bridgehead atoms. The predicted octanol–water partition coefficient (Wildman–Crippen LogP) is 8.39. The quantitative estimate of drug-likeness (QED) is 0.0817. The van der Waals surface area contributed by atoms with Gasteiger partial charge >= 0.3 is 17.8 Å². The number of aromatic nitrogens is 1. The van der Waals surface area contributed by atoms with Gasteiger partial charge in [0.2, 0.25) is 8.32 Å². The number of benzene rings is 2. The molecule has 3 heterocycles. The molecule has 14 heteroatoms. The van der Waals surface area contributed by atoms with Crippen LogP contribution < -0.4 is 19.8 Å². The molecule has 4 aromatic rings. The van der Waals surface area contributed by atoms with Crippen LogP contribution in [-0.4, -0.2) is 73.4 Å². The molecular formula is C42H56N4O8SSi. The summed E-state index contributed by atoms with van der Waals surface area (Å²) < 4.78 is 23.0. The van der Waals surface area contributed by atoms with Gasteiger partial charge in [0, 0.05) is 35.4 Å². The van der Waals surface area contributed by atoms with Crippen molar-refractivity contribution in [3.63, 3.8) is 0 Å². The zero-order valence-electron chi connectivity index (χ0n) is 34.6. The van der Waals surface area contributed by atoms with Gasteiger partial charge in [-0.05, 0) is 114 Å². The number of anilines is 1. The molecule has 1 atom stereocenters. The smallest absolute Gasteiger partial charge is 0.397 e. The lowest BCUT2D eigenvalue weighted by Gasteiger charge is -2.36. The van der Waals surface area contributed by atoms with E-state index in [1.807, 2.05) is 48.5 Å². The van der Waals surface area contributed by atoms with Crippen LogP contribution in [0.3, 0.4) is 0 Å². The summed E-state index contributed by atoms with van der Waals surface area (Å²) in [6.45, 7) is 22.5. The molecule has 302 valence electrons. The van der Waals surface area contributed by atoms with Crippen molar-refractivity contribution in [2.24, 2.45) is 0 Å². The van der Waals surface area contributed by atoms with Crippen molar-refractivity contribution in [1.82, 2.24) is 15.2 Å². The van der Waals surface area contributed by atoms with Crippen LogP contribution in [0.1, 0.15) is 105 Å². The third kappa shape index (κ3) is 10.2. The van der Waals surface area contributed by atoms with Crippen LogP contribution in [0.4, 0.5) is 5.00 Å². The Morgan fingerprint density at radius 1 is 0.893 bits per heavy atom. The Kier molecular flexibility index (Phi) is 12.2. The highest BCUT2D eigenvalue weighted by Gasteiger charge is 2.40. The molecule has 0 spiro atoms. The van der Waals surface area contributed by atoms with Gasteiger partial charge in [0.05, 0.1) is 18.7 Å². The first-order chi connectivity index (χ1) is 25.9. The zero-order valence-corrected chi connectivity index (χ0v) is 36.5. The SMILES string of the molecule is COc1ccc(CN2CCc3c(sc(NC(=O)C(=O)OC(C)(C)C)c3C(=O)OC(C)(C)C)C2CNC(=O)c2cc3cc(O[Si](C)(C)C(C)(C)C)ccc3[nH]2)cc1. The van der Waals surface area contributed by atoms with Gasteiger partial charge < -0.3 is 34.3 Å². The molecule has 56 heavy (non-hydrogen) atoms. The summed E-state index contributed by atoms with van der Waals surface area (Å²) in [4.78, 5) is 59.9. The van der Waals surface area contributed by atoms with Gasteiger partial charge in [-0.3, -0.25) is 14.5 Å². The molecule has 3 N–H and O–H groups in total. The molecule has 0 saturated carbocycles. The highest BCUT2D eigenvalue weighted by molar-refractivity contribution is 7.17. The van der Waals surface area contributed by atoms with E-state index in [2.05, 4.69) is 54.4 Å². The number of methoxy groups -OCH3 is 1. The van der Waals surface area contributed by atoms with E-state index in [4.69, 9.17) is 18.6 Å². The number of ether oxygens (including phenoxy) is 3. The number of nitrogens with one attached hydrogen (secondary N) is 3. The monoisotopic (exact) mass is 804 g/mol. The van der Waals surface area contributed by atoms with Crippen LogP contribution in [0, 0.1) is 0 Å². The van der Waals surface area contributed by atoms with E-state index in [0.717, 1.165) is 32.8 Å². The topological polar surface area (TPSA) is 148 Å². The minimum Gasteiger partial charge on any atom is -0.543 e. The number of thiophene rings is 1. The molecule has 1 aliphatic heterocycles. The second-order valence-corrected chi connectivity index (χ2v) is 23.5. The van der Waals surface area contributed by atoms with Gasteiger partial charge in [-0.2, -0.15) is 0 Å². The molecule has 5 rings (SSSR count). The first-order valence-electron chi connectivity index (χ1n) is 18.8. The highest BCUT2D eigenvalue weighted by atomic mass is 32.1. The number of fused-ring (bicyclic) bond motifs is 2. The van der Waals surface area contributed by atoms with Gasteiger partial charge in [-0.1, -0.05) is 32.9 Å². The summed E-state index contributed by atoms with van der Waals surface area (Å²) in [5.74, 6) is -1.48. The number of carbonyl (C=O) groups excluding carboxylic acids is 4. The third-order valence-electron chi connectivity index (χ3n) is 9.86. The fraction of sp³-hybridized carbons (Fsp3) is 0.476. The Morgan fingerprint density at radius 2 is 1.54 bits per heavy atom. The number of hydrogen-bond acceptors (Lipinski definition) is 10. The molecule has 2 aromatic carbocycles. The summed E-state index contributed by atoms with van der Waals surface area (Å²) in [5.41, 5.74) is 1.42. The molecule has 0 fully saturated rings. The lowest BCUT2D eigenvalue weighted by molar-refractivity contribution is -0.161. The van der Waals surface area contributed by atoms with Crippen LogP contribution in [0.2, 0.25) is 18.1 Å². The van der Waals surface area contributed by atoms with Gasteiger partial charge in [0.1, 0.15) is 33.4 Å². The molecule has 1 unspecified atom stereocenters. The minimum atomic E-state index is -2.07. The number of nitrogens with zero attached hydrogens (tertiary/aromatic N) is 1. The largest absolute Gasteiger partial charge is 0.543 e. The second kappa shape index (κ2) is 16.1. The normalized spacial score (nSPS) is 15.2. The van der Waals surface area contributed by atoms with Gasteiger partial charge in [0.15, 0.2) is 0 Å². The predicted molar refractivity (Wildman–Crippen MR) is 222 cm³/mol. The number of aromatic amines is 1. The summed E-state index contributed by atoms with van der Waals surface area (Å²) >= 11 is 1.20. The summed E-state index contributed by atoms with van der Waals surface area (Å²) in [6.07, 6.45) is 0.463. The highest BCUT2D eigenvalue weighted by Crippen LogP contribution is 2.44. The van der Waals surface area contributed by atoms with E-state index in [1.165, 1.54) is 11.3 Å². The first-order valence-corrected chi connectivity index (χ1v) is 22.6. The molecule has 0 radical (unpaired) electrons. The Morgan fingerprint density at radius 3 is 2.14 bits per heavy atom. The molecule has 12 nitrogen and oxygen atoms in total. The fourth-order valence-corrected chi connectivity index (χ4v) is 8.48. The van der Waals surface area contributed by atoms with Crippen molar-refractivity contribution in [3.05, 3.63) is 75.8 Å². The van der Waals surface area contributed by atoms with Crippen LogP contribution in [0.15, 0.2) is 48.5 Å². The van der Waals surface area contributed by atoms with E-state index < -0.39 is 43.4 Å². The maximum Gasteiger partial charge on any atom is 0.397 e. The number of amides is 2. The van der Waals surface area contributed by atoms with Crippen LogP contribution in [0.5, 0.6) is 11.5 Å². The maximum absolute atomic E-state index is 13.8. The average Bonchev–Trinajstić information content (AvgIpc) is 3.67. The van der Waals surface area contributed by atoms with Crippen LogP contribution >= 0.6 is 11.3 Å². The Bertz CT molecular complexity index is 2100. The molecule has 2 aromatic heterocycles. The average molecular weight is 805 g/mol. The number of carbonyl (C=O) groups is 4. The molecule has 0 saturated heterocycles. The zero-order chi connectivity index (χ0) is 41.4. The van der Waals surface area contributed by atoms with Gasteiger partial charge in [-0.25, -0.2) is 9.59 Å². The number of rotatable bonds is 10. The number of H-pyrrole nitrogens is 1. The van der Waals surface area contributed by atoms with Crippen molar-refractivity contribution in [1.29, 1.82) is 0 Å². The Balaban J connectivity index is 1.48. The first kappa shape index (κ1) is 42.5. The van der Waals surface area contributed by atoms with Crippen LogP contribution in [0.25, 0.3) is 10.9 Å². The maximum atomic E-state index is 13.8. The van der Waals surface area contributed by atoms with Crippen molar-refractivity contribution in [2.45, 2.75) is 111 Å². The van der Waals surface area contributed by atoms with Crippen molar-refractivity contribution >= 4 is 59.3 Å². The third-order valence-corrected chi connectivity index (χ3v) is 15.5. The molecule has 1 aliphatic rings. The minimum absolute atomic E-state index is 0.0338. The van der Waals surface area contributed by atoms with E-state index >= 15 is 0 Å². The summed E-state index contributed by atoms with van der Waals surface area (Å²) in [5, 5.41) is 6.87. The Hall–Kier alpha value is -4.66. The van der Waals surface area contributed by atoms with E-state index in [1.54, 1.807) is 48.7 Å². The number of esters is 2. The van der Waals surface area contributed by atoms with Gasteiger partial charge in [-0.15, -0.1) is 11.3 Å². The number of hydrogen-bond donors (Lipinski definition) is 3. The van der Waals surface area contributed by atoms with Crippen molar-refractivity contribution < 1.29 is 37.8 Å². The van der Waals surface area contributed by atoms with E-state index in [9.17, 15) is 19.2 Å². The second-order valence-electron chi connectivity index (χ2n) is 17.7. The Labute approximate surface area is 334 Å².